The third kappa shape index (κ3) is 5.27. The van der Waals surface area contributed by atoms with Crippen molar-refractivity contribution in [3.8, 4) is 5.75 Å². The summed E-state index contributed by atoms with van der Waals surface area (Å²) < 4.78 is 39.2. The van der Waals surface area contributed by atoms with Gasteiger partial charge in [-0.1, -0.05) is 19.9 Å². The number of pyridine rings is 1. The summed E-state index contributed by atoms with van der Waals surface area (Å²) in [5.74, 6) is -1.45. The van der Waals surface area contributed by atoms with Gasteiger partial charge in [0.1, 0.15) is 17.0 Å². The largest absolute Gasteiger partial charge is 0.508 e. The highest BCUT2D eigenvalue weighted by Gasteiger charge is 2.64. The smallest absolute Gasteiger partial charge is 0.411 e. The van der Waals surface area contributed by atoms with Gasteiger partial charge in [-0.25, -0.2) is 0 Å². The lowest BCUT2D eigenvalue weighted by Crippen LogP contribution is -2.48. The number of aromatic nitrogens is 1. The molecule has 1 fully saturated rings. The number of phenolic OH excluding ortho intramolecular Hbond substituents is 1. The van der Waals surface area contributed by atoms with Crippen molar-refractivity contribution in [3.63, 3.8) is 0 Å². The van der Waals surface area contributed by atoms with Crippen molar-refractivity contribution in [2.45, 2.75) is 57.2 Å². The van der Waals surface area contributed by atoms with Crippen LogP contribution in [0.15, 0.2) is 30.5 Å². The first kappa shape index (κ1) is 24.5. The molecule has 1 aliphatic carbocycles. The molecule has 2 aromatic rings. The lowest BCUT2D eigenvalue weighted by Gasteiger charge is -2.24. The van der Waals surface area contributed by atoms with Crippen LogP contribution in [0.2, 0.25) is 0 Å². The molecular weight excluding hydrogens is 439 g/mol. The molecule has 1 heterocycles. The van der Waals surface area contributed by atoms with E-state index in [1.165, 1.54) is 24.4 Å². The quantitative estimate of drug-likeness (QED) is 0.501. The molecule has 7 nitrogen and oxygen atoms in total. The first-order valence-corrected chi connectivity index (χ1v) is 10.4. The zero-order chi connectivity index (χ0) is 24.6. The minimum atomic E-state index is -4.54. The van der Waals surface area contributed by atoms with Gasteiger partial charge in [0.15, 0.2) is 0 Å². The molecule has 0 saturated heterocycles. The minimum absolute atomic E-state index is 0.0380. The van der Waals surface area contributed by atoms with Crippen molar-refractivity contribution in [3.05, 3.63) is 52.8 Å². The molecule has 1 aromatic carbocycles. The topological polar surface area (TPSA) is 112 Å². The molecular formula is C23H26F3N3O4. The Balaban J connectivity index is 1.69. The van der Waals surface area contributed by atoms with E-state index in [-0.39, 0.29) is 43.0 Å². The van der Waals surface area contributed by atoms with E-state index >= 15 is 0 Å². The van der Waals surface area contributed by atoms with Crippen LogP contribution in [0.4, 0.5) is 18.9 Å². The van der Waals surface area contributed by atoms with Gasteiger partial charge in [0.25, 0.3) is 5.91 Å². The number of aliphatic hydroxyl groups is 1. The van der Waals surface area contributed by atoms with E-state index in [1.54, 1.807) is 26.8 Å². The monoisotopic (exact) mass is 465 g/mol. The number of aryl methyl sites for hydroxylation is 1. The van der Waals surface area contributed by atoms with Crippen LogP contribution in [-0.4, -0.2) is 45.3 Å². The molecule has 0 bridgehead atoms. The lowest BCUT2D eigenvalue weighted by molar-refractivity contribution is -0.163. The third-order valence-corrected chi connectivity index (χ3v) is 5.85. The van der Waals surface area contributed by atoms with Crippen LogP contribution in [0, 0.1) is 6.92 Å². The number of nitrogens with one attached hydrogen (secondary N) is 2. The van der Waals surface area contributed by atoms with Crippen LogP contribution in [0.25, 0.3) is 0 Å². The molecule has 33 heavy (non-hydrogen) atoms. The third-order valence-electron chi connectivity index (χ3n) is 5.85. The van der Waals surface area contributed by atoms with Gasteiger partial charge in [-0.2, -0.15) is 13.2 Å². The number of aliphatic hydroxyl groups excluding tert-OH is 1. The highest BCUT2D eigenvalue weighted by Crippen LogP contribution is 2.49. The van der Waals surface area contributed by atoms with Gasteiger partial charge in [-0.15, -0.1) is 0 Å². The Hall–Kier alpha value is -3.14. The van der Waals surface area contributed by atoms with Crippen molar-refractivity contribution in [1.29, 1.82) is 0 Å². The van der Waals surface area contributed by atoms with Crippen molar-refractivity contribution in [1.82, 2.24) is 10.3 Å². The fraction of sp³-hybridized carbons (Fsp3) is 0.435. The Kier molecular flexibility index (Phi) is 6.43. The average molecular weight is 465 g/mol. The fourth-order valence-electron chi connectivity index (χ4n) is 3.45. The Morgan fingerprint density at radius 3 is 2.42 bits per heavy atom. The number of aromatic hydroxyl groups is 1. The number of alkyl halides is 3. The van der Waals surface area contributed by atoms with Crippen molar-refractivity contribution >= 4 is 17.5 Å². The molecule has 4 N–H and O–H groups in total. The summed E-state index contributed by atoms with van der Waals surface area (Å²) in [6, 6.07) is 5.82. The van der Waals surface area contributed by atoms with Crippen molar-refractivity contribution in [2.24, 2.45) is 0 Å². The molecule has 0 aliphatic heterocycles. The normalized spacial score (nSPS) is 15.1. The zero-order valence-corrected chi connectivity index (χ0v) is 18.5. The van der Waals surface area contributed by atoms with E-state index in [1.807, 2.05) is 5.32 Å². The van der Waals surface area contributed by atoms with Gasteiger partial charge in [0.2, 0.25) is 5.91 Å². The van der Waals surface area contributed by atoms with Gasteiger partial charge in [-0.3, -0.25) is 14.6 Å². The number of benzene rings is 1. The Labute approximate surface area is 189 Å². The molecule has 1 aliphatic rings. The lowest BCUT2D eigenvalue weighted by atomic mass is 9.83. The molecule has 10 heteroatoms. The average Bonchev–Trinajstić information content (AvgIpc) is 3.51. The van der Waals surface area contributed by atoms with E-state index in [9.17, 15) is 33.0 Å². The van der Waals surface area contributed by atoms with Crippen LogP contribution >= 0.6 is 0 Å². The second-order valence-electron chi connectivity index (χ2n) is 9.03. The summed E-state index contributed by atoms with van der Waals surface area (Å²) in [5, 5.41) is 24.5. The summed E-state index contributed by atoms with van der Waals surface area (Å²) in [7, 11) is 0. The number of hydrogen-bond acceptors (Lipinski definition) is 5. The van der Waals surface area contributed by atoms with Crippen LogP contribution in [-0.2, 0) is 16.6 Å². The highest BCUT2D eigenvalue weighted by atomic mass is 19.4. The first-order chi connectivity index (χ1) is 15.3. The summed E-state index contributed by atoms with van der Waals surface area (Å²) in [5.41, 5.74) is -1.03. The Bertz CT molecular complexity index is 1080. The fourth-order valence-corrected chi connectivity index (χ4v) is 3.45. The number of hydrogen-bond donors (Lipinski definition) is 4. The van der Waals surface area contributed by atoms with Gasteiger partial charge in [0, 0.05) is 22.9 Å². The molecule has 2 amide bonds. The maximum Gasteiger partial charge on any atom is 0.411 e. The van der Waals surface area contributed by atoms with Gasteiger partial charge in [0.05, 0.1) is 13.0 Å². The van der Waals surface area contributed by atoms with Crippen molar-refractivity contribution in [2.75, 3.05) is 11.9 Å². The van der Waals surface area contributed by atoms with E-state index < -0.39 is 28.9 Å². The van der Waals surface area contributed by atoms with Crippen LogP contribution < -0.4 is 10.6 Å². The molecule has 0 unspecified atom stereocenters. The highest BCUT2D eigenvalue weighted by molar-refractivity contribution is 5.96. The molecule has 0 spiro atoms. The number of amides is 2. The number of carbonyl (C=O) groups is 2. The standard InChI is InChI=1S/C23H26F3N3O4/c1-13-8-16(21(2,3)12-30)18(31)9-14(13)10-19(32)28-15-4-7-27-17(11-15)20(33)29-22(5-6-22)23(24,25)26/h4,7-9,11,30-31H,5-6,10,12H2,1-3H3,(H,29,33)(H,27,28,32). The van der Waals surface area contributed by atoms with Crippen LogP contribution in [0.5, 0.6) is 5.75 Å². The Morgan fingerprint density at radius 2 is 1.85 bits per heavy atom. The van der Waals surface area contributed by atoms with Crippen LogP contribution in [0.3, 0.4) is 0 Å². The van der Waals surface area contributed by atoms with Crippen molar-refractivity contribution < 1.29 is 33.0 Å². The SMILES string of the molecule is Cc1cc(C(C)(C)CO)c(O)cc1CC(=O)Nc1ccnc(C(=O)NC2(C(F)(F)F)CC2)c1. The van der Waals surface area contributed by atoms with Gasteiger partial charge in [-0.05, 0) is 49.1 Å². The number of nitrogens with zero attached hydrogens (tertiary/aromatic N) is 1. The molecule has 1 aromatic heterocycles. The molecule has 0 atom stereocenters. The first-order valence-electron chi connectivity index (χ1n) is 10.4. The Morgan fingerprint density at radius 1 is 1.18 bits per heavy atom. The van der Waals surface area contributed by atoms with E-state index in [0.29, 0.717) is 11.1 Å². The molecule has 1 saturated carbocycles. The summed E-state index contributed by atoms with van der Waals surface area (Å²) in [6.45, 7) is 5.18. The minimum Gasteiger partial charge on any atom is -0.508 e. The van der Waals surface area contributed by atoms with E-state index in [2.05, 4.69) is 10.3 Å². The molecule has 0 radical (unpaired) electrons. The predicted octanol–water partition coefficient (Wildman–Crippen LogP) is 3.37. The summed E-state index contributed by atoms with van der Waals surface area (Å²) in [6.07, 6.45) is -3.76. The second-order valence-corrected chi connectivity index (χ2v) is 9.03. The second kappa shape index (κ2) is 8.66. The maximum absolute atomic E-state index is 13.1. The summed E-state index contributed by atoms with van der Waals surface area (Å²) in [4.78, 5) is 28.6. The van der Waals surface area contributed by atoms with E-state index in [4.69, 9.17) is 0 Å². The van der Waals surface area contributed by atoms with Gasteiger partial charge < -0.3 is 20.8 Å². The molecule has 178 valence electrons. The molecule has 3 rings (SSSR count). The van der Waals surface area contributed by atoms with Gasteiger partial charge >= 0.3 is 6.18 Å². The summed E-state index contributed by atoms with van der Waals surface area (Å²) >= 11 is 0. The van der Waals surface area contributed by atoms with Crippen LogP contribution in [0.1, 0.15) is 53.9 Å². The number of phenols is 1. The van der Waals surface area contributed by atoms with E-state index in [0.717, 1.165) is 5.56 Å². The zero-order valence-electron chi connectivity index (χ0n) is 18.5. The number of halogens is 3. The number of carbonyl (C=O) groups excluding carboxylic acids is 2. The predicted molar refractivity (Wildman–Crippen MR) is 115 cm³/mol. The maximum atomic E-state index is 13.1. The number of rotatable bonds is 7. The number of anilines is 1.